The average molecular weight is 303 g/mol. The second kappa shape index (κ2) is 8.02. The van der Waals surface area contributed by atoms with Crippen LogP contribution in [0.4, 0.5) is 4.39 Å². The van der Waals surface area contributed by atoms with Crippen molar-refractivity contribution in [3.8, 4) is 0 Å². The van der Waals surface area contributed by atoms with Crippen molar-refractivity contribution in [3.63, 3.8) is 0 Å². The maximum Gasteiger partial charge on any atom is 0.321 e. The third kappa shape index (κ3) is 4.48. The zero-order chi connectivity index (χ0) is 16.7. The van der Waals surface area contributed by atoms with Crippen LogP contribution in [0.15, 0.2) is 53.7 Å². The van der Waals surface area contributed by atoms with E-state index >= 15 is 0 Å². The number of methoxy groups -OCH3 is 1. The second-order valence-corrected chi connectivity index (χ2v) is 4.60. The van der Waals surface area contributed by atoms with Gasteiger partial charge in [-0.1, -0.05) is 24.8 Å². The Balaban J connectivity index is 3.32. The molecule has 0 radical (unpaired) electrons. The first-order chi connectivity index (χ1) is 10.4. The zero-order valence-corrected chi connectivity index (χ0v) is 12.8. The van der Waals surface area contributed by atoms with E-state index in [4.69, 9.17) is 4.74 Å². The fraction of sp³-hybridized carbons (Fsp3) is 0.235. The lowest BCUT2D eigenvalue weighted by atomic mass is 9.91. The predicted octanol–water partition coefficient (Wildman–Crippen LogP) is 3.20. The first-order valence-corrected chi connectivity index (χ1v) is 6.65. The van der Waals surface area contributed by atoms with Crippen LogP contribution in [0, 0.1) is 5.82 Å². The molecule has 0 aliphatic carbocycles. The average Bonchev–Trinajstić information content (AvgIpc) is 2.48. The van der Waals surface area contributed by atoms with Crippen LogP contribution in [0.3, 0.4) is 0 Å². The van der Waals surface area contributed by atoms with Crippen LogP contribution in [0.2, 0.25) is 0 Å². The minimum Gasteiger partial charge on any atom is -0.468 e. The van der Waals surface area contributed by atoms with E-state index < -0.39 is 23.5 Å². The Morgan fingerprint density at radius 3 is 2.36 bits per heavy atom. The van der Waals surface area contributed by atoms with E-state index in [9.17, 15) is 14.0 Å². The van der Waals surface area contributed by atoms with E-state index in [1.54, 1.807) is 19.9 Å². The molecule has 0 aromatic heterocycles. The quantitative estimate of drug-likeness (QED) is 0.460. The summed E-state index contributed by atoms with van der Waals surface area (Å²) in [7, 11) is 1.19. The Morgan fingerprint density at radius 2 is 1.91 bits per heavy atom. The predicted molar refractivity (Wildman–Crippen MR) is 83.2 cm³/mol. The molecule has 1 aromatic carbocycles. The number of esters is 1. The van der Waals surface area contributed by atoms with E-state index in [1.807, 2.05) is 0 Å². The molecule has 1 unspecified atom stereocenters. The van der Waals surface area contributed by atoms with Gasteiger partial charge in [0.25, 0.3) is 0 Å². The van der Waals surface area contributed by atoms with Gasteiger partial charge in [0.2, 0.25) is 0 Å². The number of Topliss-reactive ketones (excluding diaryl/α,β-unsaturated/α-hetero) is 1. The summed E-state index contributed by atoms with van der Waals surface area (Å²) in [5, 5.41) is 0. The number of ketones is 1. The molecule has 0 amide bonds. The molecule has 0 N–H and O–H groups in total. The van der Waals surface area contributed by atoms with Gasteiger partial charge in [0, 0.05) is 5.70 Å². The monoisotopic (exact) mass is 303 g/mol. The number of ether oxygens (including phenoxy) is 1. The minimum absolute atomic E-state index is 0.0923. The summed E-state index contributed by atoms with van der Waals surface area (Å²) in [4.78, 5) is 28.7. The van der Waals surface area contributed by atoms with Crippen molar-refractivity contribution in [2.75, 3.05) is 7.11 Å². The number of hydrogen-bond acceptors (Lipinski definition) is 4. The first-order valence-electron chi connectivity index (χ1n) is 6.65. The number of carbonyl (C=O) groups is 2. The number of rotatable bonds is 6. The van der Waals surface area contributed by atoms with E-state index in [2.05, 4.69) is 11.6 Å². The van der Waals surface area contributed by atoms with Gasteiger partial charge >= 0.3 is 5.97 Å². The molecular weight excluding hydrogens is 285 g/mol. The molecule has 0 bridgehead atoms. The normalized spacial score (nSPS) is 13.0. The first kappa shape index (κ1) is 17.5. The molecule has 1 atom stereocenters. The van der Waals surface area contributed by atoms with Gasteiger partial charge in [0.05, 0.1) is 7.11 Å². The Morgan fingerprint density at radius 1 is 1.32 bits per heavy atom. The van der Waals surface area contributed by atoms with E-state index in [1.165, 1.54) is 37.5 Å². The minimum atomic E-state index is -1.19. The van der Waals surface area contributed by atoms with E-state index in [0.29, 0.717) is 11.3 Å². The number of halogens is 1. The van der Waals surface area contributed by atoms with Gasteiger partial charge in [0.1, 0.15) is 17.4 Å². The highest BCUT2D eigenvalue weighted by Gasteiger charge is 2.31. The number of benzene rings is 1. The van der Waals surface area contributed by atoms with Crippen LogP contribution in [0.25, 0.3) is 0 Å². The lowest BCUT2D eigenvalue weighted by Crippen LogP contribution is -2.28. The summed E-state index contributed by atoms with van der Waals surface area (Å²) in [6.45, 7) is 7.00. The van der Waals surface area contributed by atoms with Gasteiger partial charge in [-0.3, -0.25) is 14.6 Å². The SMILES string of the molecule is C=C(C)N=C(/C=C\C)C(=O)C(C(=O)OC)c1ccc(F)cc1. The highest BCUT2D eigenvalue weighted by atomic mass is 19.1. The molecular formula is C17H18FNO3. The Hall–Kier alpha value is -2.56. The van der Waals surface area contributed by atoms with Gasteiger partial charge in [-0.25, -0.2) is 4.39 Å². The van der Waals surface area contributed by atoms with Crippen LogP contribution in [0.1, 0.15) is 25.3 Å². The maximum atomic E-state index is 13.0. The summed E-state index contributed by atoms with van der Waals surface area (Å²) in [5.74, 6) is -2.90. The number of nitrogens with zero attached hydrogens (tertiary/aromatic N) is 1. The summed E-state index contributed by atoms with van der Waals surface area (Å²) in [5.41, 5.74) is 0.871. The molecule has 0 aliphatic rings. The number of aliphatic imine (C=N–C) groups is 1. The van der Waals surface area contributed by atoms with Crippen LogP contribution in [-0.4, -0.2) is 24.6 Å². The molecule has 1 aromatic rings. The molecule has 0 heterocycles. The van der Waals surface area contributed by atoms with Crippen LogP contribution in [-0.2, 0) is 14.3 Å². The van der Waals surface area contributed by atoms with Crippen molar-refractivity contribution >= 4 is 17.5 Å². The maximum absolute atomic E-state index is 13.0. The Bertz CT molecular complexity index is 630. The molecule has 0 spiro atoms. The van der Waals surface area contributed by atoms with E-state index in [-0.39, 0.29) is 5.71 Å². The summed E-state index contributed by atoms with van der Waals surface area (Å²) in [6.07, 6.45) is 3.13. The summed E-state index contributed by atoms with van der Waals surface area (Å²) >= 11 is 0. The standard InChI is InChI=1S/C17H18FNO3/c1-5-6-14(19-11(2)3)16(20)15(17(21)22-4)12-7-9-13(18)10-8-12/h5-10,15H,2H2,1,3-4H3/b6-5-,19-14?. The summed E-state index contributed by atoms with van der Waals surface area (Å²) < 4.78 is 17.7. The van der Waals surface area contributed by atoms with Gasteiger partial charge in [-0.2, -0.15) is 0 Å². The zero-order valence-electron chi connectivity index (χ0n) is 12.8. The lowest BCUT2D eigenvalue weighted by molar-refractivity contribution is -0.144. The van der Waals surface area contributed by atoms with Gasteiger partial charge < -0.3 is 4.74 Å². The number of carbonyl (C=O) groups excluding carboxylic acids is 2. The molecule has 5 heteroatoms. The molecule has 0 saturated heterocycles. The van der Waals surface area contributed by atoms with Crippen LogP contribution >= 0.6 is 0 Å². The molecule has 0 saturated carbocycles. The molecule has 0 fully saturated rings. The largest absolute Gasteiger partial charge is 0.468 e. The molecule has 0 aliphatic heterocycles. The van der Waals surface area contributed by atoms with E-state index in [0.717, 1.165) is 0 Å². The summed E-state index contributed by atoms with van der Waals surface area (Å²) in [6, 6.07) is 5.12. The van der Waals surface area contributed by atoms with Crippen molar-refractivity contribution < 1.29 is 18.7 Å². The number of allylic oxidation sites excluding steroid dienone is 3. The topological polar surface area (TPSA) is 55.7 Å². The molecule has 4 nitrogen and oxygen atoms in total. The fourth-order valence-electron chi connectivity index (χ4n) is 1.85. The van der Waals surface area contributed by atoms with Gasteiger partial charge in [-0.05, 0) is 37.6 Å². The van der Waals surface area contributed by atoms with Crippen LogP contribution < -0.4 is 0 Å². The smallest absolute Gasteiger partial charge is 0.321 e. The third-order valence-electron chi connectivity index (χ3n) is 2.79. The second-order valence-electron chi connectivity index (χ2n) is 4.60. The van der Waals surface area contributed by atoms with Crippen LogP contribution in [0.5, 0.6) is 0 Å². The Kier molecular flexibility index (Phi) is 6.38. The highest BCUT2D eigenvalue weighted by molar-refractivity contribution is 6.48. The van der Waals surface area contributed by atoms with Crippen molar-refractivity contribution in [3.05, 3.63) is 60.1 Å². The number of hydrogen-bond donors (Lipinski definition) is 0. The van der Waals surface area contributed by atoms with Crippen molar-refractivity contribution in [1.82, 2.24) is 0 Å². The molecule has 1 rings (SSSR count). The van der Waals surface area contributed by atoms with Gasteiger partial charge in [0.15, 0.2) is 5.78 Å². The molecule has 116 valence electrons. The van der Waals surface area contributed by atoms with Gasteiger partial charge in [-0.15, -0.1) is 0 Å². The third-order valence-corrected chi connectivity index (χ3v) is 2.79. The highest BCUT2D eigenvalue weighted by Crippen LogP contribution is 2.20. The molecule has 22 heavy (non-hydrogen) atoms. The fourth-order valence-corrected chi connectivity index (χ4v) is 1.85. The van der Waals surface area contributed by atoms with Crippen molar-refractivity contribution in [1.29, 1.82) is 0 Å². The van der Waals surface area contributed by atoms with Crippen molar-refractivity contribution in [2.24, 2.45) is 4.99 Å². The lowest BCUT2D eigenvalue weighted by Gasteiger charge is -2.14. The Labute approximate surface area is 129 Å². The van der Waals surface area contributed by atoms with Crippen molar-refractivity contribution in [2.45, 2.75) is 19.8 Å².